The molecule has 8 N–H and O–H groups in total. The summed E-state index contributed by atoms with van der Waals surface area (Å²) in [4.78, 5) is 65.2. The minimum atomic E-state index is -1.27. The first-order valence-corrected chi connectivity index (χ1v) is 13.0. The highest BCUT2D eigenvalue weighted by atomic mass is 16.4. The molecule has 0 saturated heterocycles. The number of H-pyrrole nitrogens is 2. The molecule has 0 saturated carbocycles. The van der Waals surface area contributed by atoms with Gasteiger partial charge < -0.3 is 36.8 Å². The summed E-state index contributed by atoms with van der Waals surface area (Å²) < 4.78 is 0. The third-order valence-corrected chi connectivity index (χ3v) is 6.18. The molecule has 0 aliphatic carbocycles. The Balaban J connectivity index is 1.80. The number of hydrogen-bond acceptors (Lipinski definition) is 7. The Kier molecular flexibility index (Phi) is 10.9. The molecule has 2 aromatic heterocycles. The predicted molar refractivity (Wildman–Crippen MR) is 146 cm³/mol. The first-order valence-electron chi connectivity index (χ1n) is 13.0. The Morgan fingerprint density at radius 1 is 0.800 bits per heavy atom. The highest BCUT2D eigenvalue weighted by Gasteiger charge is 2.31. The lowest BCUT2D eigenvalue weighted by atomic mass is 10.0. The summed E-state index contributed by atoms with van der Waals surface area (Å²) in [6, 6.07) is 4.70. The Bertz CT molecular complexity index is 1230. The maximum absolute atomic E-state index is 13.5. The molecule has 3 aromatic rings. The number of aromatic nitrogens is 4. The number of aliphatic carboxylic acids is 1. The van der Waals surface area contributed by atoms with Crippen molar-refractivity contribution < 1.29 is 24.3 Å². The Morgan fingerprint density at radius 3 is 1.80 bits per heavy atom. The van der Waals surface area contributed by atoms with Gasteiger partial charge in [-0.2, -0.15) is 0 Å². The SMILES string of the molecule is CC(C)CC(N)C(=O)NC(Cc1cnc[nH]1)C(=O)NC(Cc1ccccc1)C(=O)NC(Cc1cnc[nH]1)C(=O)O. The molecule has 0 aliphatic heterocycles. The molecule has 0 radical (unpaired) electrons. The fourth-order valence-electron chi connectivity index (χ4n) is 4.14. The zero-order valence-electron chi connectivity index (χ0n) is 22.5. The van der Waals surface area contributed by atoms with Crippen LogP contribution in [-0.2, 0) is 38.4 Å². The lowest BCUT2D eigenvalue weighted by Crippen LogP contribution is -2.58. The standard InChI is InChI=1S/C27H36N8O5/c1-16(2)8-20(28)24(36)33-22(10-18-12-29-14-31-18)26(38)34-21(9-17-6-4-3-5-7-17)25(37)35-23(27(39)40)11-19-13-30-15-32-19/h3-7,12-16,20-23H,8-11,28H2,1-2H3,(H,29,31)(H,30,32)(H,33,36)(H,34,38)(H,35,37)(H,39,40). The number of amides is 3. The average Bonchev–Trinajstić information content (AvgIpc) is 3.62. The van der Waals surface area contributed by atoms with Crippen molar-refractivity contribution in [3.05, 3.63) is 72.3 Å². The molecular weight excluding hydrogens is 516 g/mol. The van der Waals surface area contributed by atoms with Crippen molar-refractivity contribution in [1.82, 2.24) is 35.9 Å². The number of rotatable bonds is 15. The summed E-state index contributed by atoms with van der Waals surface area (Å²) >= 11 is 0. The minimum Gasteiger partial charge on any atom is -0.480 e. The molecule has 40 heavy (non-hydrogen) atoms. The molecule has 2 heterocycles. The van der Waals surface area contributed by atoms with E-state index in [2.05, 4.69) is 35.9 Å². The zero-order valence-corrected chi connectivity index (χ0v) is 22.5. The third-order valence-electron chi connectivity index (χ3n) is 6.18. The van der Waals surface area contributed by atoms with Crippen LogP contribution in [0.1, 0.15) is 37.2 Å². The summed E-state index contributed by atoms with van der Waals surface area (Å²) in [5, 5.41) is 17.6. The van der Waals surface area contributed by atoms with Crippen molar-refractivity contribution in [3.8, 4) is 0 Å². The van der Waals surface area contributed by atoms with Crippen LogP contribution in [0.15, 0.2) is 55.4 Å². The van der Waals surface area contributed by atoms with Crippen molar-refractivity contribution >= 4 is 23.7 Å². The molecular formula is C27H36N8O5. The fourth-order valence-corrected chi connectivity index (χ4v) is 4.14. The van der Waals surface area contributed by atoms with Crippen molar-refractivity contribution in [2.24, 2.45) is 11.7 Å². The lowest BCUT2D eigenvalue weighted by Gasteiger charge is -2.25. The Hall–Kier alpha value is -4.52. The molecule has 0 bridgehead atoms. The van der Waals surface area contributed by atoms with E-state index in [9.17, 15) is 24.3 Å². The summed E-state index contributed by atoms with van der Waals surface area (Å²) in [5.41, 5.74) is 7.90. The van der Waals surface area contributed by atoms with E-state index in [4.69, 9.17) is 5.73 Å². The van der Waals surface area contributed by atoms with Gasteiger partial charge in [0.15, 0.2) is 0 Å². The van der Waals surface area contributed by atoms with E-state index in [1.807, 2.05) is 19.9 Å². The van der Waals surface area contributed by atoms with Gasteiger partial charge in [0.2, 0.25) is 17.7 Å². The summed E-state index contributed by atoms with van der Waals surface area (Å²) in [6.07, 6.45) is 6.43. The van der Waals surface area contributed by atoms with E-state index in [0.717, 1.165) is 5.56 Å². The normalized spacial score (nSPS) is 14.1. The van der Waals surface area contributed by atoms with E-state index >= 15 is 0 Å². The van der Waals surface area contributed by atoms with Crippen molar-refractivity contribution in [1.29, 1.82) is 0 Å². The second kappa shape index (κ2) is 14.6. The lowest BCUT2D eigenvalue weighted by molar-refractivity contribution is -0.142. The summed E-state index contributed by atoms with van der Waals surface area (Å²) in [6.45, 7) is 3.87. The Labute approximate surface area is 231 Å². The molecule has 13 nitrogen and oxygen atoms in total. The molecule has 0 spiro atoms. The van der Waals surface area contributed by atoms with E-state index in [1.54, 1.807) is 24.3 Å². The van der Waals surface area contributed by atoms with Gasteiger partial charge >= 0.3 is 5.97 Å². The molecule has 0 fully saturated rings. The van der Waals surface area contributed by atoms with Gasteiger partial charge in [-0.05, 0) is 17.9 Å². The number of nitrogens with two attached hydrogens (primary N) is 1. The van der Waals surface area contributed by atoms with E-state index < -0.39 is 47.9 Å². The number of carbonyl (C=O) groups excluding carboxylic acids is 3. The van der Waals surface area contributed by atoms with Crippen LogP contribution in [0.25, 0.3) is 0 Å². The molecule has 3 amide bonds. The molecule has 3 rings (SSSR count). The molecule has 214 valence electrons. The van der Waals surface area contributed by atoms with Crippen LogP contribution in [0.2, 0.25) is 0 Å². The molecule has 13 heteroatoms. The van der Waals surface area contributed by atoms with Crippen LogP contribution in [0.5, 0.6) is 0 Å². The van der Waals surface area contributed by atoms with Crippen molar-refractivity contribution in [2.45, 2.75) is 63.7 Å². The summed E-state index contributed by atoms with van der Waals surface area (Å²) in [5.74, 6) is -2.88. The van der Waals surface area contributed by atoms with Crippen LogP contribution in [0.4, 0.5) is 0 Å². The van der Waals surface area contributed by atoms with Crippen molar-refractivity contribution in [3.63, 3.8) is 0 Å². The largest absolute Gasteiger partial charge is 0.480 e. The number of hydrogen-bond donors (Lipinski definition) is 7. The van der Waals surface area contributed by atoms with E-state index in [0.29, 0.717) is 17.8 Å². The number of benzene rings is 1. The number of nitrogens with one attached hydrogen (secondary N) is 5. The molecule has 0 aliphatic rings. The van der Waals surface area contributed by atoms with Gasteiger partial charge in [-0.3, -0.25) is 14.4 Å². The Morgan fingerprint density at radius 2 is 1.30 bits per heavy atom. The second-order valence-corrected chi connectivity index (χ2v) is 10.0. The van der Waals surface area contributed by atoms with Gasteiger partial charge in [-0.25, -0.2) is 14.8 Å². The van der Waals surface area contributed by atoms with E-state index in [-0.39, 0.29) is 25.2 Å². The third kappa shape index (κ3) is 9.34. The number of carboxylic acid groups (broad SMARTS) is 1. The van der Waals surface area contributed by atoms with Crippen molar-refractivity contribution in [2.75, 3.05) is 0 Å². The highest BCUT2D eigenvalue weighted by molar-refractivity contribution is 5.94. The molecule has 4 unspecified atom stereocenters. The van der Waals surface area contributed by atoms with Gasteiger partial charge in [0.1, 0.15) is 18.1 Å². The molecule has 4 atom stereocenters. The van der Waals surface area contributed by atoms with Gasteiger partial charge in [-0.15, -0.1) is 0 Å². The van der Waals surface area contributed by atoms with Crippen LogP contribution >= 0.6 is 0 Å². The highest BCUT2D eigenvalue weighted by Crippen LogP contribution is 2.08. The zero-order chi connectivity index (χ0) is 29.1. The number of carbonyl (C=O) groups is 4. The first kappa shape index (κ1) is 30.0. The van der Waals surface area contributed by atoms with E-state index in [1.165, 1.54) is 25.0 Å². The van der Waals surface area contributed by atoms with Gasteiger partial charge in [-0.1, -0.05) is 44.2 Å². The maximum atomic E-state index is 13.5. The number of imidazole rings is 2. The predicted octanol–water partition coefficient (Wildman–Crippen LogP) is 0.0731. The number of nitrogens with zero attached hydrogens (tertiary/aromatic N) is 2. The topological polar surface area (TPSA) is 208 Å². The second-order valence-electron chi connectivity index (χ2n) is 10.0. The number of aromatic amines is 2. The monoisotopic (exact) mass is 552 g/mol. The van der Waals surface area contributed by atoms with Gasteiger partial charge in [0, 0.05) is 43.0 Å². The smallest absolute Gasteiger partial charge is 0.326 e. The van der Waals surface area contributed by atoms with Crippen LogP contribution in [0.3, 0.4) is 0 Å². The minimum absolute atomic E-state index is 0.0284. The van der Waals surface area contributed by atoms with Crippen LogP contribution in [0, 0.1) is 5.92 Å². The van der Waals surface area contributed by atoms with Gasteiger partial charge in [0.05, 0.1) is 18.7 Å². The quantitative estimate of drug-likeness (QED) is 0.137. The molecule has 1 aromatic carbocycles. The number of carboxylic acids is 1. The maximum Gasteiger partial charge on any atom is 0.326 e. The van der Waals surface area contributed by atoms with Crippen LogP contribution < -0.4 is 21.7 Å². The van der Waals surface area contributed by atoms with Gasteiger partial charge in [0.25, 0.3) is 0 Å². The average molecular weight is 553 g/mol. The van der Waals surface area contributed by atoms with Crippen LogP contribution in [-0.4, -0.2) is 72.9 Å². The first-order chi connectivity index (χ1) is 19.1. The fraction of sp³-hybridized carbons (Fsp3) is 0.407. The summed E-state index contributed by atoms with van der Waals surface area (Å²) in [7, 11) is 0.